The van der Waals surface area contributed by atoms with Gasteiger partial charge in [-0.25, -0.2) is 0 Å². The predicted octanol–water partition coefficient (Wildman–Crippen LogP) is 0.0440. The quantitative estimate of drug-likeness (QED) is 0.700. The Morgan fingerprint density at radius 1 is 1.50 bits per heavy atom. The molecule has 6 heteroatoms. The third-order valence-electron chi connectivity index (χ3n) is 6.73. The number of rotatable bonds is 2. The van der Waals surface area contributed by atoms with E-state index in [9.17, 15) is 19.8 Å². The van der Waals surface area contributed by atoms with Crippen molar-refractivity contribution in [3.05, 3.63) is 0 Å². The summed E-state index contributed by atoms with van der Waals surface area (Å²) in [5.74, 6) is 0.176. The van der Waals surface area contributed by atoms with Gasteiger partial charge < -0.3 is 19.7 Å². The van der Waals surface area contributed by atoms with Crippen LogP contribution in [0, 0.1) is 22.7 Å². The van der Waals surface area contributed by atoms with E-state index >= 15 is 0 Å². The summed E-state index contributed by atoms with van der Waals surface area (Å²) < 4.78 is 11.3. The third kappa shape index (κ3) is 1.46. The first-order valence-electron chi connectivity index (χ1n) is 8.03. The lowest BCUT2D eigenvalue weighted by Gasteiger charge is -2.55. The maximum Gasteiger partial charge on any atom is 0.303 e. The maximum atomic E-state index is 12.9. The molecule has 0 aromatic rings. The van der Waals surface area contributed by atoms with Gasteiger partial charge in [0.1, 0.15) is 18.3 Å². The van der Waals surface area contributed by atoms with E-state index in [0.717, 1.165) is 12.8 Å². The second-order valence-corrected chi connectivity index (χ2v) is 7.58. The molecule has 0 aromatic heterocycles. The van der Waals surface area contributed by atoms with E-state index in [0.29, 0.717) is 18.3 Å². The molecule has 6 nitrogen and oxygen atoms in total. The van der Waals surface area contributed by atoms with Crippen molar-refractivity contribution in [1.82, 2.24) is 0 Å². The van der Waals surface area contributed by atoms with Crippen molar-refractivity contribution in [2.75, 3.05) is 6.61 Å². The van der Waals surface area contributed by atoms with Gasteiger partial charge in [-0.1, -0.05) is 0 Å². The van der Waals surface area contributed by atoms with Crippen molar-refractivity contribution in [2.24, 2.45) is 22.7 Å². The average molecular weight is 310 g/mol. The van der Waals surface area contributed by atoms with Crippen LogP contribution in [0.2, 0.25) is 0 Å². The number of Topliss-reactive ketones (excluding diaryl/α,β-unsaturated/α-hetero) is 1. The fourth-order valence-corrected chi connectivity index (χ4v) is 5.37. The molecule has 4 fully saturated rings. The molecule has 0 radical (unpaired) electrons. The van der Waals surface area contributed by atoms with E-state index in [1.165, 1.54) is 6.92 Å². The molecule has 122 valence electrons. The van der Waals surface area contributed by atoms with E-state index in [2.05, 4.69) is 0 Å². The number of fused-ring (bicyclic) bond motifs is 6. The largest absolute Gasteiger partial charge is 0.459 e. The minimum atomic E-state index is -1.16. The van der Waals surface area contributed by atoms with Gasteiger partial charge >= 0.3 is 5.97 Å². The summed E-state index contributed by atoms with van der Waals surface area (Å²) in [6.45, 7) is 2.81. The highest BCUT2D eigenvalue weighted by molar-refractivity contribution is 5.95. The fraction of sp³-hybridized carbons (Fsp3) is 0.875. The summed E-state index contributed by atoms with van der Waals surface area (Å²) >= 11 is 0. The van der Waals surface area contributed by atoms with Crippen LogP contribution in [0.1, 0.15) is 33.1 Å². The van der Waals surface area contributed by atoms with Crippen LogP contribution < -0.4 is 0 Å². The van der Waals surface area contributed by atoms with Gasteiger partial charge in [0.15, 0.2) is 5.78 Å². The summed E-state index contributed by atoms with van der Waals surface area (Å²) in [6.07, 6.45) is -0.631. The molecule has 3 saturated carbocycles. The Bertz CT molecular complexity index is 547. The zero-order chi connectivity index (χ0) is 15.9. The number of carbonyl (C=O) groups is 2. The van der Waals surface area contributed by atoms with E-state index in [-0.39, 0.29) is 18.5 Å². The van der Waals surface area contributed by atoms with E-state index < -0.39 is 35.1 Å². The summed E-state index contributed by atoms with van der Waals surface area (Å²) in [4.78, 5) is 24.3. The Hall–Kier alpha value is -0.980. The molecule has 3 aliphatic carbocycles. The minimum absolute atomic E-state index is 0.194. The van der Waals surface area contributed by atoms with Gasteiger partial charge in [-0.05, 0) is 38.0 Å². The van der Waals surface area contributed by atoms with Crippen LogP contribution in [0.3, 0.4) is 0 Å². The molecule has 2 N–H and O–H groups in total. The van der Waals surface area contributed by atoms with Crippen LogP contribution in [0.15, 0.2) is 0 Å². The molecule has 1 saturated heterocycles. The van der Waals surface area contributed by atoms with Gasteiger partial charge in [0.2, 0.25) is 0 Å². The van der Waals surface area contributed by atoms with Gasteiger partial charge in [-0.2, -0.15) is 0 Å². The zero-order valence-corrected chi connectivity index (χ0v) is 12.8. The van der Waals surface area contributed by atoms with Crippen LogP contribution in [0.25, 0.3) is 0 Å². The number of aliphatic hydroxyl groups excluding tert-OH is 2. The molecule has 4 aliphatic rings. The first-order valence-corrected chi connectivity index (χ1v) is 8.03. The fourth-order valence-electron chi connectivity index (χ4n) is 5.37. The highest BCUT2D eigenvalue weighted by Crippen LogP contribution is 2.68. The van der Waals surface area contributed by atoms with Crippen LogP contribution >= 0.6 is 0 Å². The topological polar surface area (TPSA) is 93.1 Å². The molecule has 2 bridgehead atoms. The van der Waals surface area contributed by atoms with Crippen LogP contribution in [0.5, 0.6) is 0 Å². The molecular formula is C16H22O6. The molecule has 0 spiro atoms. The molecule has 8 atom stereocenters. The molecule has 22 heavy (non-hydrogen) atoms. The van der Waals surface area contributed by atoms with Crippen LogP contribution in [-0.2, 0) is 19.1 Å². The summed E-state index contributed by atoms with van der Waals surface area (Å²) in [5.41, 5.74) is -1.86. The Kier molecular flexibility index (Phi) is 2.86. The summed E-state index contributed by atoms with van der Waals surface area (Å²) in [5, 5.41) is 20.7. The van der Waals surface area contributed by atoms with Crippen molar-refractivity contribution in [3.63, 3.8) is 0 Å². The standard InChI is InChI=1S/C16H22O6/c1-7(18)21-14-10(19)11-12(20)15(14,2)16(6-17)4-3-8-5-9(8)13(16)22-11/h8-11,13-14,17,19H,3-6H2,1-2H3/t8-,9+,10-,11+,13+,14+,15+,16+/m0/s1. The van der Waals surface area contributed by atoms with Gasteiger partial charge in [0, 0.05) is 12.3 Å². The van der Waals surface area contributed by atoms with E-state index in [4.69, 9.17) is 9.47 Å². The van der Waals surface area contributed by atoms with Gasteiger partial charge in [0.05, 0.1) is 18.1 Å². The smallest absolute Gasteiger partial charge is 0.303 e. The minimum Gasteiger partial charge on any atom is -0.459 e. The lowest BCUT2D eigenvalue weighted by Crippen LogP contribution is -2.64. The maximum absolute atomic E-state index is 12.9. The lowest BCUT2D eigenvalue weighted by molar-refractivity contribution is -0.214. The predicted molar refractivity (Wildman–Crippen MR) is 73.7 cm³/mol. The summed E-state index contributed by atoms with van der Waals surface area (Å²) in [7, 11) is 0. The Morgan fingerprint density at radius 3 is 2.86 bits per heavy atom. The van der Waals surface area contributed by atoms with E-state index in [1.807, 2.05) is 0 Å². The molecule has 0 unspecified atom stereocenters. The monoisotopic (exact) mass is 310 g/mol. The van der Waals surface area contributed by atoms with Crippen LogP contribution in [0.4, 0.5) is 0 Å². The number of hydrogen-bond donors (Lipinski definition) is 2. The molecule has 0 aromatic carbocycles. The number of carbonyl (C=O) groups excluding carboxylic acids is 2. The second-order valence-electron chi connectivity index (χ2n) is 7.58. The molecule has 4 rings (SSSR count). The Balaban J connectivity index is 1.83. The Labute approximate surface area is 128 Å². The number of hydrogen-bond acceptors (Lipinski definition) is 6. The normalized spacial score (nSPS) is 55.4. The van der Waals surface area contributed by atoms with Crippen molar-refractivity contribution in [2.45, 2.75) is 57.5 Å². The highest BCUT2D eigenvalue weighted by atomic mass is 16.6. The molecular weight excluding hydrogens is 288 g/mol. The second kappa shape index (κ2) is 4.30. The molecule has 0 amide bonds. The van der Waals surface area contributed by atoms with Crippen molar-refractivity contribution in [1.29, 1.82) is 0 Å². The van der Waals surface area contributed by atoms with Crippen molar-refractivity contribution < 1.29 is 29.3 Å². The number of ketones is 1. The highest BCUT2D eigenvalue weighted by Gasteiger charge is 2.77. The van der Waals surface area contributed by atoms with Crippen molar-refractivity contribution in [3.8, 4) is 0 Å². The van der Waals surface area contributed by atoms with Gasteiger partial charge in [0.25, 0.3) is 0 Å². The number of esters is 1. The Morgan fingerprint density at radius 2 is 2.23 bits per heavy atom. The third-order valence-corrected chi connectivity index (χ3v) is 6.73. The first-order chi connectivity index (χ1) is 10.4. The first kappa shape index (κ1) is 14.6. The number of aliphatic hydroxyl groups is 2. The molecule has 1 heterocycles. The lowest BCUT2D eigenvalue weighted by atomic mass is 9.53. The van der Waals surface area contributed by atoms with Gasteiger partial charge in [-0.15, -0.1) is 0 Å². The SMILES string of the molecule is CC(=O)O[C@@H]1[C@@H](O)[C@H]2O[C@@H]3[C@@H]4C[C@@H]4CC[C@]3(CO)[C@]1(C)C2=O. The zero-order valence-electron chi connectivity index (χ0n) is 12.8. The van der Waals surface area contributed by atoms with Gasteiger partial charge in [-0.3, -0.25) is 9.59 Å². The van der Waals surface area contributed by atoms with Crippen LogP contribution in [-0.4, -0.2) is 53.0 Å². The number of ether oxygens (including phenoxy) is 2. The average Bonchev–Trinajstić information content (AvgIpc) is 3.24. The summed E-state index contributed by atoms with van der Waals surface area (Å²) in [6, 6.07) is 0. The van der Waals surface area contributed by atoms with E-state index in [1.54, 1.807) is 6.92 Å². The molecule has 1 aliphatic heterocycles. The van der Waals surface area contributed by atoms with Crippen molar-refractivity contribution >= 4 is 11.8 Å².